The molecule has 1 aliphatic rings. The van der Waals surface area contributed by atoms with Crippen molar-refractivity contribution in [2.45, 2.75) is 45.2 Å². The van der Waals surface area contributed by atoms with Crippen molar-refractivity contribution in [3.8, 4) is 0 Å². The molecule has 0 saturated carbocycles. The summed E-state index contributed by atoms with van der Waals surface area (Å²) < 4.78 is 5.46. The average molecular weight is 305 g/mol. The summed E-state index contributed by atoms with van der Waals surface area (Å²) in [4.78, 5) is 1.43. The molecule has 3 heterocycles. The maximum absolute atomic E-state index is 5.46. The summed E-state index contributed by atoms with van der Waals surface area (Å²) in [7, 11) is 0. The van der Waals surface area contributed by atoms with Crippen LogP contribution >= 0.6 is 11.3 Å². The molecule has 1 aliphatic heterocycles. The number of hydrogen-bond donors (Lipinski definition) is 2. The second-order valence-electron chi connectivity index (χ2n) is 5.57. The fraction of sp³-hybridized carbons (Fsp3) is 0.562. The Kier molecular flexibility index (Phi) is 5.06. The van der Waals surface area contributed by atoms with Gasteiger partial charge in [0.25, 0.3) is 0 Å². The summed E-state index contributed by atoms with van der Waals surface area (Å²) in [6.07, 6.45) is 3.42. The quantitative estimate of drug-likeness (QED) is 0.861. The van der Waals surface area contributed by atoms with Crippen molar-refractivity contribution in [2.75, 3.05) is 13.1 Å². The van der Waals surface area contributed by atoms with Crippen molar-refractivity contribution in [1.82, 2.24) is 15.8 Å². The smallest absolute Gasteiger partial charge is 0.150 e. The number of rotatable bonds is 6. The molecule has 0 amide bonds. The van der Waals surface area contributed by atoms with Crippen molar-refractivity contribution in [1.29, 1.82) is 0 Å². The van der Waals surface area contributed by atoms with Gasteiger partial charge in [-0.2, -0.15) is 0 Å². The van der Waals surface area contributed by atoms with Crippen LogP contribution in [0.15, 0.2) is 22.0 Å². The Hall–Kier alpha value is -1.17. The number of nitrogens with zero attached hydrogens (tertiary/aromatic N) is 1. The Labute approximate surface area is 129 Å². The molecule has 1 saturated heterocycles. The van der Waals surface area contributed by atoms with E-state index < -0.39 is 0 Å². The number of piperidine rings is 1. The highest BCUT2D eigenvalue weighted by Crippen LogP contribution is 2.24. The van der Waals surface area contributed by atoms with Gasteiger partial charge in [0.15, 0.2) is 5.76 Å². The SMILES string of the molecule is CCc1ccsc1CNCc1cc(C2CCNCC2)no1. The van der Waals surface area contributed by atoms with E-state index in [0.29, 0.717) is 5.92 Å². The van der Waals surface area contributed by atoms with Gasteiger partial charge in [-0.05, 0) is 49.4 Å². The van der Waals surface area contributed by atoms with Crippen LogP contribution in [0.5, 0.6) is 0 Å². The lowest BCUT2D eigenvalue weighted by Gasteiger charge is -2.19. The predicted octanol–water partition coefficient (Wildman–Crippen LogP) is 3.06. The zero-order chi connectivity index (χ0) is 14.5. The minimum atomic E-state index is 0.563. The second-order valence-corrected chi connectivity index (χ2v) is 6.57. The molecule has 0 bridgehead atoms. The number of hydrogen-bond acceptors (Lipinski definition) is 5. The third-order valence-electron chi connectivity index (χ3n) is 4.14. The first kappa shape index (κ1) is 14.8. The van der Waals surface area contributed by atoms with Crippen molar-refractivity contribution >= 4 is 11.3 Å². The standard InChI is InChI=1S/C16H23N3OS/c1-2-12-5-8-21-16(12)11-18-10-14-9-15(19-20-14)13-3-6-17-7-4-13/h5,8-9,13,17-18H,2-4,6-7,10-11H2,1H3. The normalized spacial score (nSPS) is 16.4. The highest BCUT2D eigenvalue weighted by molar-refractivity contribution is 7.10. The Bertz CT molecular complexity index is 557. The molecule has 0 radical (unpaired) electrons. The fourth-order valence-corrected chi connectivity index (χ4v) is 3.80. The molecule has 2 N–H and O–H groups in total. The van der Waals surface area contributed by atoms with Gasteiger partial charge in [0.1, 0.15) is 0 Å². The monoisotopic (exact) mass is 305 g/mol. The second kappa shape index (κ2) is 7.20. The molecular weight excluding hydrogens is 282 g/mol. The highest BCUT2D eigenvalue weighted by atomic mass is 32.1. The predicted molar refractivity (Wildman–Crippen MR) is 85.6 cm³/mol. The van der Waals surface area contributed by atoms with E-state index in [1.165, 1.54) is 10.4 Å². The van der Waals surface area contributed by atoms with Crippen LogP contribution in [0.2, 0.25) is 0 Å². The van der Waals surface area contributed by atoms with Crippen LogP contribution in [0.25, 0.3) is 0 Å². The number of thiophene rings is 1. The van der Waals surface area contributed by atoms with E-state index in [0.717, 1.165) is 56.9 Å². The minimum Gasteiger partial charge on any atom is -0.360 e. The molecular formula is C16H23N3OS. The number of aryl methyl sites for hydroxylation is 1. The lowest BCUT2D eigenvalue weighted by atomic mass is 9.95. The van der Waals surface area contributed by atoms with Crippen molar-refractivity contribution < 1.29 is 4.52 Å². The molecule has 1 fully saturated rings. The molecule has 0 aromatic carbocycles. The zero-order valence-corrected chi connectivity index (χ0v) is 13.3. The highest BCUT2D eigenvalue weighted by Gasteiger charge is 2.18. The molecule has 2 aromatic rings. The Morgan fingerprint density at radius 2 is 2.24 bits per heavy atom. The number of aromatic nitrogens is 1. The van der Waals surface area contributed by atoms with Gasteiger partial charge < -0.3 is 15.2 Å². The van der Waals surface area contributed by atoms with Gasteiger partial charge >= 0.3 is 0 Å². The van der Waals surface area contributed by atoms with Gasteiger partial charge in [-0.15, -0.1) is 11.3 Å². The van der Waals surface area contributed by atoms with Crippen LogP contribution in [0.4, 0.5) is 0 Å². The Morgan fingerprint density at radius 1 is 1.38 bits per heavy atom. The third kappa shape index (κ3) is 3.73. The molecule has 3 rings (SSSR count). The molecule has 114 valence electrons. The van der Waals surface area contributed by atoms with Crippen LogP contribution < -0.4 is 10.6 Å². The Balaban J connectivity index is 1.50. The Morgan fingerprint density at radius 3 is 3.05 bits per heavy atom. The first-order valence-corrected chi connectivity index (χ1v) is 8.67. The first-order valence-electron chi connectivity index (χ1n) is 7.79. The molecule has 5 heteroatoms. The molecule has 0 spiro atoms. The maximum atomic E-state index is 5.46. The summed E-state index contributed by atoms with van der Waals surface area (Å²) in [5, 5.41) is 13.3. The molecule has 21 heavy (non-hydrogen) atoms. The molecule has 0 aliphatic carbocycles. The van der Waals surface area contributed by atoms with E-state index in [4.69, 9.17) is 4.52 Å². The van der Waals surface area contributed by atoms with E-state index in [-0.39, 0.29) is 0 Å². The molecule has 0 atom stereocenters. The van der Waals surface area contributed by atoms with E-state index in [9.17, 15) is 0 Å². The average Bonchev–Trinajstić information content (AvgIpc) is 3.17. The van der Waals surface area contributed by atoms with Crippen LogP contribution in [0.3, 0.4) is 0 Å². The van der Waals surface area contributed by atoms with Gasteiger partial charge in [-0.1, -0.05) is 12.1 Å². The van der Waals surface area contributed by atoms with Crippen molar-refractivity contribution in [3.63, 3.8) is 0 Å². The van der Waals surface area contributed by atoms with Crippen molar-refractivity contribution in [2.24, 2.45) is 0 Å². The first-order chi connectivity index (χ1) is 10.4. The lowest BCUT2D eigenvalue weighted by molar-refractivity contribution is 0.354. The summed E-state index contributed by atoms with van der Waals surface area (Å²) >= 11 is 1.82. The zero-order valence-electron chi connectivity index (χ0n) is 12.5. The minimum absolute atomic E-state index is 0.563. The van der Waals surface area contributed by atoms with Gasteiger partial charge in [-0.25, -0.2) is 0 Å². The molecule has 0 unspecified atom stereocenters. The largest absolute Gasteiger partial charge is 0.360 e. The third-order valence-corrected chi connectivity index (χ3v) is 5.10. The van der Waals surface area contributed by atoms with Crippen LogP contribution in [-0.2, 0) is 19.5 Å². The fourth-order valence-electron chi connectivity index (χ4n) is 2.86. The molecule has 2 aromatic heterocycles. The van der Waals surface area contributed by atoms with E-state index in [1.807, 2.05) is 11.3 Å². The van der Waals surface area contributed by atoms with E-state index in [2.05, 4.69) is 40.2 Å². The van der Waals surface area contributed by atoms with Gasteiger partial charge in [0.2, 0.25) is 0 Å². The van der Waals surface area contributed by atoms with Gasteiger partial charge in [0, 0.05) is 23.4 Å². The van der Waals surface area contributed by atoms with E-state index >= 15 is 0 Å². The van der Waals surface area contributed by atoms with E-state index in [1.54, 1.807) is 0 Å². The van der Waals surface area contributed by atoms with Gasteiger partial charge in [0.05, 0.1) is 12.2 Å². The van der Waals surface area contributed by atoms with Crippen LogP contribution in [-0.4, -0.2) is 18.2 Å². The summed E-state index contributed by atoms with van der Waals surface area (Å²) in [6.45, 7) is 6.03. The number of nitrogens with one attached hydrogen (secondary N) is 2. The van der Waals surface area contributed by atoms with Crippen LogP contribution in [0, 0.1) is 0 Å². The topological polar surface area (TPSA) is 50.1 Å². The summed E-state index contributed by atoms with van der Waals surface area (Å²) in [6, 6.07) is 4.34. The molecule has 4 nitrogen and oxygen atoms in total. The van der Waals surface area contributed by atoms with Crippen molar-refractivity contribution in [3.05, 3.63) is 39.4 Å². The summed E-state index contributed by atoms with van der Waals surface area (Å²) in [5.41, 5.74) is 2.57. The maximum Gasteiger partial charge on any atom is 0.150 e. The summed E-state index contributed by atoms with van der Waals surface area (Å²) in [5.74, 6) is 1.51. The van der Waals surface area contributed by atoms with Crippen LogP contribution in [0.1, 0.15) is 47.6 Å². The lowest BCUT2D eigenvalue weighted by Crippen LogP contribution is -2.26. The van der Waals surface area contributed by atoms with Gasteiger partial charge in [-0.3, -0.25) is 0 Å².